The van der Waals surface area contributed by atoms with Crippen molar-refractivity contribution < 1.29 is 22.6 Å². The lowest BCUT2D eigenvalue weighted by Crippen LogP contribution is -2.20. The summed E-state index contributed by atoms with van der Waals surface area (Å²) in [6, 6.07) is 9.77. The first-order valence-corrected chi connectivity index (χ1v) is 8.81. The third-order valence-corrected chi connectivity index (χ3v) is 4.41. The number of aromatic nitrogens is 4. The average molecular weight is 437 g/mol. The summed E-state index contributed by atoms with van der Waals surface area (Å²) in [6.45, 7) is -0.282. The van der Waals surface area contributed by atoms with E-state index < -0.39 is 17.6 Å². The number of nitrogens with zero attached hydrogens (tertiary/aromatic N) is 4. The normalized spacial score (nSPS) is 11.7. The highest BCUT2D eigenvalue weighted by molar-refractivity contribution is 6.31. The highest BCUT2D eigenvalue weighted by Gasteiger charge is 2.31. The molecular weight excluding hydrogens is 425 g/mol. The van der Waals surface area contributed by atoms with Gasteiger partial charge in [-0.3, -0.25) is 4.79 Å². The number of carbonyl (C=O) groups excluding carboxylic acids is 1. The first-order valence-electron chi connectivity index (χ1n) is 8.43. The lowest BCUT2D eigenvalue weighted by atomic mass is 10.2. The van der Waals surface area contributed by atoms with Gasteiger partial charge in [-0.1, -0.05) is 23.7 Å². The second kappa shape index (κ2) is 7.34. The predicted octanol–water partition coefficient (Wildman–Crippen LogP) is 3.98. The summed E-state index contributed by atoms with van der Waals surface area (Å²) < 4.78 is 45.1. The molecule has 0 aliphatic rings. The minimum Gasteiger partial charge on any atom is -0.379 e. The van der Waals surface area contributed by atoms with Crippen molar-refractivity contribution in [2.24, 2.45) is 0 Å². The van der Waals surface area contributed by atoms with E-state index in [-0.39, 0.29) is 34.6 Å². The molecule has 4 aromatic rings. The molecule has 0 radical (unpaired) electrons. The number of anilines is 2. The Kier molecular flexibility index (Phi) is 4.82. The summed E-state index contributed by atoms with van der Waals surface area (Å²) in [5, 5.41) is 9.49. The van der Waals surface area contributed by atoms with Crippen molar-refractivity contribution in [1.29, 1.82) is 0 Å². The first kappa shape index (κ1) is 19.7. The minimum absolute atomic E-state index is 0.0170. The number of rotatable bonds is 4. The highest BCUT2D eigenvalue weighted by Crippen LogP contribution is 2.33. The van der Waals surface area contributed by atoms with Gasteiger partial charge in [0.25, 0.3) is 0 Å². The summed E-state index contributed by atoms with van der Waals surface area (Å²) in [7, 11) is 0. The summed E-state index contributed by atoms with van der Waals surface area (Å²) in [5.74, 6) is -0.395. The van der Waals surface area contributed by atoms with Crippen molar-refractivity contribution >= 4 is 40.0 Å². The summed E-state index contributed by atoms with van der Waals surface area (Å²) >= 11 is 5.76. The molecule has 0 unspecified atom stereocenters. The van der Waals surface area contributed by atoms with E-state index >= 15 is 0 Å². The lowest BCUT2D eigenvalue weighted by Gasteiger charge is -2.12. The summed E-state index contributed by atoms with van der Waals surface area (Å²) in [4.78, 5) is 17.0. The smallest absolute Gasteiger partial charge is 0.379 e. The fourth-order valence-corrected chi connectivity index (χ4v) is 3.17. The Bertz CT molecular complexity index is 1250. The molecule has 2 heterocycles. The van der Waals surface area contributed by atoms with Gasteiger partial charge in [0.2, 0.25) is 5.91 Å². The minimum atomic E-state index is -4.60. The molecular formula is C18H12ClF3N6O2. The molecule has 8 nitrogen and oxygen atoms in total. The van der Waals surface area contributed by atoms with E-state index in [1.54, 1.807) is 24.3 Å². The number of amides is 1. The maximum Gasteiger partial charge on any atom is 0.416 e. The number of para-hydroxylation sites is 2. The second-order valence-corrected chi connectivity index (χ2v) is 6.72. The zero-order valence-electron chi connectivity index (χ0n) is 14.9. The molecule has 154 valence electrons. The fourth-order valence-electron chi connectivity index (χ4n) is 2.94. The molecule has 30 heavy (non-hydrogen) atoms. The van der Waals surface area contributed by atoms with E-state index in [1.165, 1.54) is 10.6 Å². The molecule has 0 atom stereocenters. The van der Waals surface area contributed by atoms with Crippen LogP contribution in [0.4, 0.5) is 24.7 Å². The monoisotopic (exact) mass is 436 g/mol. The summed E-state index contributed by atoms with van der Waals surface area (Å²) in [5.41, 5.74) is 5.98. The van der Waals surface area contributed by atoms with Crippen molar-refractivity contribution in [2.45, 2.75) is 12.7 Å². The van der Waals surface area contributed by atoms with Crippen LogP contribution in [0.25, 0.3) is 22.6 Å². The zero-order valence-corrected chi connectivity index (χ0v) is 15.7. The summed E-state index contributed by atoms with van der Waals surface area (Å²) in [6.07, 6.45) is -4.60. The molecule has 0 spiro atoms. The van der Waals surface area contributed by atoms with Crippen LogP contribution in [0, 0.1) is 0 Å². The topological polar surface area (TPSA) is 112 Å². The van der Waals surface area contributed by atoms with Gasteiger partial charge in [0.15, 0.2) is 17.3 Å². The first-order chi connectivity index (χ1) is 14.2. The van der Waals surface area contributed by atoms with Crippen LogP contribution in [-0.4, -0.2) is 25.8 Å². The van der Waals surface area contributed by atoms with Gasteiger partial charge in [-0.2, -0.15) is 13.2 Å². The Morgan fingerprint density at radius 3 is 2.67 bits per heavy atom. The Hall–Kier alpha value is -3.60. The van der Waals surface area contributed by atoms with Crippen LogP contribution in [0.5, 0.6) is 0 Å². The van der Waals surface area contributed by atoms with Crippen molar-refractivity contribution in [3.63, 3.8) is 0 Å². The van der Waals surface area contributed by atoms with Gasteiger partial charge in [0.1, 0.15) is 6.54 Å². The number of carbonyl (C=O) groups is 1. The third kappa shape index (κ3) is 3.79. The maximum absolute atomic E-state index is 13.0. The SMILES string of the molecule is Nc1nonc1-c1nc2ccccc2n1CC(=O)Nc1cc(Cl)cc(C(F)(F)F)c1. The van der Waals surface area contributed by atoms with E-state index in [2.05, 4.69) is 25.2 Å². The number of nitrogens with one attached hydrogen (secondary N) is 1. The maximum atomic E-state index is 13.0. The molecule has 2 aromatic heterocycles. The van der Waals surface area contributed by atoms with Gasteiger partial charge >= 0.3 is 6.18 Å². The van der Waals surface area contributed by atoms with Gasteiger partial charge in [0, 0.05) is 10.7 Å². The van der Waals surface area contributed by atoms with Gasteiger partial charge in [-0.25, -0.2) is 9.61 Å². The molecule has 12 heteroatoms. The van der Waals surface area contributed by atoms with E-state index in [1.807, 2.05) is 0 Å². The van der Waals surface area contributed by atoms with Crippen molar-refractivity contribution in [3.05, 3.63) is 53.1 Å². The molecule has 4 rings (SSSR count). The van der Waals surface area contributed by atoms with Crippen molar-refractivity contribution in [3.8, 4) is 11.5 Å². The number of imidazole rings is 1. The predicted molar refractivity (Wildman–Crippen MR) is 103 cm³/mol. The largest absolute Gasteiger partial charge is 0.416 e. The van der Waals surface area contributed by atoms with Crippen molar-refractivity contribution in [1.82, 2.24) is 19.9 Å². The number of fused-ring (bicyclic) bond motifs is 1. The molecule has 0 saturated carbocycles. The number of nitrogens with two attached hydrogens (primary N) is 1. The van der Waals surface area contributed by atoms with Gasteiger partial charge < -0.3 is 15.6 Å². The number of hydrogen-bond donors (Lipinski definition) is 2. The van der Waals surface area contributed by atoms with Crippen LogP contribution in [0.1, 0.15) is 5.56 Å². The number of nitrogen functional groups attached to an aromatic ring is 1. The van der Waals surface area contributed by atoms with Crippen LogP contribution < -0.4 is 11.1 Å². The van der Waals surface area contributed by atoms with E-state index in [9.17, 15) is 18.0 Å². The molecule has 0 saturated heterocycles. The molecule has 3 N–H and O–H groups in total. The lowest BCUT2D eigenvalue weighted by molar-refractivity contribution is -0.137. The fraction of sp³-hybridized carbons (Fsp3) is 0.111. The Morgan fingerprint density at radius 2 is 1.97 bits per heavy atom. The van der Waals surface area contributed by atoms with Crippen molar-refractivity contribution in [2.75, 3.05) is 11.1 Å². The van der Waals surface area contributed by atoms with E-state index in [0.29, 0.717) is 11.0 Å². The average Bonchev–Trinajstić information content (AvgIpc) is 3.24. The number of benzene rings is 2. The number of halogens is 4. The molecule has 2 aromatic carbocycles. The van der Waals surface area contributed by atoms with Gasteiger partial charge in [-0.15, -0.1) is 0 Å². The van der Waals surface area contributed by atoms with E-state index in [0.717, 1.165) is 12.1 Å². The highest BCUT2D eigenvalue weighted by atomic mass is 35.5. The standard InChI is InChI=1S/C18H12ClF3N6O2/c19-10-5-9(18(20,21)22)6-11(7-10)24-14(29)8-28-13-4-2-1-3-12(13)25-17(28)15-16(23)27-30-26-15/h1-7H,8H2,(H2,23,27)(H,24,29). The Morgan fingerprint density at radius 1 is 1.20 bits per heavy atom. The second-order valence-electron chi connectivity index (χ2n) is 6.28. The molecule has 0 aliphatic heterocycles. The Labute approximate surface area is 171 Å². The van der Waals surface area contributed by atoms with Crippen LogP contribution in [0.2, 0.25) is 5.02 Å². The van der Waals surface area contributed by atoms with Crippen LogP contribution >= 0.6 is 11.6 Å². The number of hydrogen-bond acceptors (Lipinski definition) is 6. The van der Waals surface area contributed by atoms with Gasteiger partial charge in [-0.05, 0) is 40.6 Å². The third-order valence-electron chi connectivity index (χ3n) is 4.19. The zero-order chi connectivity index (χ0) is 21.5. The van der Waals surface area contributed by atoms with Crippen LogP contribution in [0.15, 0.2) is 47.1 Å². The van der Waals surface area contributed by atoms with E-state index in [4.69, 9.17) is 17.3 Å². The molecule has 0 aliphatic carbocycles. The molecule has 1 amide bonds. The van der Waals surface area contributed by atoms with Gasteiger partial charge in [0.05, 0.1) is 16.6 Å². The quantitative estimate of drug-likeness (QED) is 0.500. The van der Waals surface area contributed by atoms with Crippen LogP contribution in [-0.2, 0) is 17.5 Å². The molecule has 0 fully saturated rings. The number of alkyl halides is 3. The van der Waals surface area contributed by atoms with Crippen LogP contribution in [0.3, 0.4) is 0 Å². The molecule has 0 bridgehead atoms. The Balaban J connectivity index is 1.68.